The fraction of sp³-hybridized carbons (Fsp3) is 0.571. The van der Waals surface area contributed by atoms with E-state index in [4.69, 9.17) is 15.2 Å². The summed E-state index contributed by atoms with van der Waals surface area (Å²) in [6.45, 7) is 2.77. The second-order valence-corrected chi connectivity index (χ2v) is 4.38. The summed E-state index contributed by atoms with van der Waals surface area (Å²) in [5.41, 5.74) is 4.79. The molecule has 0 fully saturated rings. The lowest BCUT2D eigenvalue weighted by atomic mass is 9.95. The first-order valence-corrected chi connectivity index (χ1v) is 6.33. The number of para-hydroxylation sites is 2. The van der Waals surface area contributed by atoms with Crippen LogP contribution >= 0.6 is 0 Å². The molecule has 3 N–H and O–H groups in total. The molecule has 0 saturated carbocycles. The fourth-order valence-electron chi connectivity index (χ4n) is 1.74. The number of aliphatic hydroxyl groups is 1. The molecule has 0 aliphatic heterocycles. The summed E-state index contributed by atoms with van der Waals surface area (Å²) in [6, 6.07) is 7.53. The van der Waals surface area contributed by atoms with E-state index in [0.29, 0.717) is 19.4 Å². The van der Waals surface area contributed by atoms with Crippen molar-refractivity contribution in [1.82, 2.24) is 0 Å². The molecule has 0 aliphatic carbocycles. The Hall–Kier alpha value is -1.26. The highest BCUT2D eigenvalue weighted by Gasteiger charge is 2.21. The minimum absolute atomic E-state index is 0.290. The lowest BCUT2D eigenvalue weighted by Gasteiger charge is -2.24. The third-order valence-electron chi connectivity index (χ3n) is 3.15. The third-order valence-corrected chi connectivity index (χ3v) is 3.15. The Bertz CT molecular complexity index is 351. The molecule has 0 saturated heterocycles. The van der Waals surface area contributed by atoms with Crippen LogP contribution in [0.5, 0.6) is 11.5 Å². The van der Waals surface area contributed by atoms with E-state index in [9.17, 15) is 5.11 Å². The van der Waals surface area contributed by atoms with E-state index in [2.05, 4.69) is 0 Å². The van der Waals surface area contributed by atoms with Gasteiger partial charge in [-0.2, -0.15) is 0 Å². The van der Waals surface area contributed by atoms with Gasteiger partial charge in [0.15, 0.2) is 11.5 Å². The highest BCUT2D eigenvalue weighted by molar-refractivity contribution is 5.39. The van der Waals surface area contributed by atoms with Crippen molar-refractivity contribution >= 4 is 0 Å². The lowest BCUT2D eigenvalue weighted by Crippen LogP contribution is -2.37. The zero-order chi connectivity index (χ0) is 13.4. The van der Waals surface area contributed by atoms with Crippen LogP contribution in [-0.2, 0) is 0 Å². The van der Waals surface area contributed by atoms with Gasteiger partial charge in [-0.05, 0) is 31.4 Å². The highest BCUT2D eigenvalue weighted by atomic mass is 16.5. The first-order valence-electron chi connectivity index (χ1n) is 6.33. The molecule has 1 rings (SSSR count). The van der Waals surface area contributed by atoms with Crippen LogP contribution in [0.15, 0.2) is 24.3 Å². The van der Waals surface area contributed by atoms with Crippen molar-refractivity contribution in [2.75, 3.05) is 20.3 Å². The zero-order valence-corrected chi connectivity index (χ0v) is 11.2. The fourth-order valence-corrected chi connectivity index (χ4v) is 1.74. The molecule has 1 atom stereocenters. The Kier molecular flexibility index (Phi) is 5.95. The normalized spacial score (nSPS) is 14.0. The molecule has 0 amide bonds. The monoisotopic (exact) mass is 253 g/mol. The summed E-state index contributed by atoms with van der Waals surface area (Å²) in [7, 11) is 1.62. The van der Waals surface area contributed by atoms with Crippen LogP contribution < -0.4 is 15.2 Å². The molecule has 0 radical (unpaired) electrons. The molecule has 0 spiro atoms. The molecule has 102 valence electrons. The molecule has 1 aromatic rings. The number of nitrogens with two attached hydrogens (primary N) is 1. The standard InChI is InChI=1S/C14H23NO3/c1-3-14(16,11-15)9-6-10-18-13-8-5-4-7-12(13)17-2/h4-5,7-8,16H,3,6,9-11,15H2,1-2H3. The number of methoxy groups -OCH3 is 1. The molecule has 4 heteroatoms. The molecule has 0 aromatic heterocycles. The van der Waals surface area contributed by atoms with Crippen LogP contribution in [0, 0.1) is 0 Å². The van der Waals surface area contributed by atoms with Gasteiger partial charge in [0, 0.05) is 6.54 Å². The Morgan fingerprint density at radius 2 is 1.94 bits per heavy atom. The van der Waals surface area contributed by atoms with E-state index >= 15 is 0 Å². The zero-order valence-electron chi connectivity index (χ0n) is 11.2. The number of rotatable bonds is 8. The average molecular weight is 253 g/mol. The van der Waals surface area contributed by atoms with Gasteiger partial charge in [0.25, 0.3) is 0 Å². The summed E-state index contributed by atoms with van der Waals surface area (Å²) in [5, 5.41) is 10.0. The van der Waals surface area contributed by atoms with Gasteiger partial charge in [0.05, 0.1) is 19.3 Å². The van der Waals surface area contributed by atoms with Crippen molar-refractivity contribution in [2.45, 2.75) is 31.8 Å². The second kappa shape index (κ2) is 7.24. The van der Waals surface area contributed by atoms with Crippen molar-refractivity contribution in [3.05, 3.63) is 24.3 Å². The topological polar surface area (TPSA) is 64.7 Å². The van der Waals surface area contributed by atoms with Gasteiger partial charge in [-0.25, -0.2) is 0 Å². The van der Waals surface area contributed by atoms with Crippen molar-refractivity contribution in [3.8, 4) is 11.5 Å². The molecule has 0 aliphatic rings. The summed E-state index contributed by atoms with van der Waals surface area (Å²) in [5.74, 6) is 1.45. The van der Waals surface area contributed by atoms with Crippen molar-refractivity contribution < 1.29 is 14.6 Å². The predicted molar refractivity (Wildman–Crippen MR) is 72.0 cm³/mol. The lowest BCUT2D eigenvalue weighted by molar-refractivity contribution is 0.0308. The van der Waals surface area contributed by atoms with Gasteiger partial charge in [-0.3, -0.25) is 0 Å². The Morgan fingerprint density at radius 3 is 2.50 bits per heavy atom. The molecule has 0 bridgehead atoms. The van der Waals surface area contributed by atoms with Crippen LogP contribution in [0.4, 0.5) is 0 Å². The second-order valence-electron chi connectivity index (χ2n) is 4.38. The number of ether oxygens (including phenoxy) is 2. The van der Waals surface area contributed by atoms with Crippen molar-refractivity contribution in [3.63, 3.8) is 0 Å². The molecule has 1 aromatic carbocycles. The minimum atomic E-state index is -0.760. The minimum Gasteiger partial charge on any atom is -0.493 e. The molecular weight excluding hydrogens is 230 g/mol. The quantitative estimate of drug-likeness (QED) is 0.695. The van der Waals surface area contributed by atoms with E-state index < -0.39 is 5.60 Å². The van der Waals surface area contributed by atoms with Gasteiger partial charge >= 0.3 is 0 Å². The maximum absolute atomic E-state index is 10.0. The molecular formula is C14H23NO3. The highest BCUT2D eigenvalue weighted by Crippen LogP contribution is 2.26. The van der Waals surface area contributed by atoms with Crippen LogP contribution in [0.2, 0.25) is 0 Å². The van der Waals surface area contributed by atoms with Gasteiger partial charge in [-0.1, -0.05) is 19.1 Å². The first-order chi connectivity index (χ1) is 8.65. The molecule has 18 heavy (non-hydrogen) atoms. The average Bonchev–Trinajstić information content (AvgIpc) is 2.43. The van der Waals surface area contributed by atoms with E-state index in [1.807, 2.05) is 31.2 Å². The summed E-state index contributed by atoms with van der Waals surface area (Å²) < 4.78 is 10.8. The van der Waals surface area contributed by atoms with Crippen LogP contribution in [-0.4, -0.2) is 31.0 Å². The molecule has 1 unspecified atom stereocenters. The predicted octanol–water partition coefficient (Wildman–Crippen LogP) is 1.95. The van der Waals surface area contributed by atoms with Gasteiger partial charge in [-0.15, -0.1) is 0 Å². The Balaban J connectivity index is 2.38. The van der Waals surface area contributed by atoms with Gasteiger partial charge in [0.2, 0.25) is 0 Å². The van der Waals surface area contributed by atoms with Gasteiger partial charge < -0.3 is 20.3 Å². The Morgan fingerprint density at radius 1 is 1.28 bits per heavy atom. The van der Waals surface area contributed by atoms with E-state index in [1.165, 1.54) is 0 Å². The maximum Gasteiger partial charge on any atom is 0.161 e. The van der Waals surface area contributed by atoms with Crippen LogP contribution in [0.3, 0.4) is 0 Å². The third kappa shape index (κ3) is 4.20. The number of hydrogen-bond acceptors (Lipinski definition) is 4. The number of benzene rings is 1. The smallest absolute Gasteiger partial charge is 0.161 e. The van der Waals surface area contributed by atoms with E-state index in [0.717, 1.165) is 17.9 Å². The SMILES string of the molecule is CCC(O)(CN)CCCOc1ccccc1OC. The summed E-state index contributed by atoms with van der Waals surface area (Å²) in [4.78, 5) is 0. The van der Waals surface area contributed by atoms with Crippen LogP contribution in [0.1, 0.15) is 26.2 Å². The van der Waals surface area contributed by atoms with E-state index in [1.54, 1.807) is 7.11 Å². The number of hydrogen-bond donors (Lipinski definition) is 2. The van der Waals surface area contributed by atoms with Crippen molar-refractivity contribution in [1.29, 1.82) is 0 Å². The summed E-state index contributed by atoms with van der Waals surface area (Å²) in [6.07, 6.45) is 2.08. The maximum atomic E-state index is 10.0. The van der Waals surface area contributed by atoms with Gasteiger partial charge in [0.1, 0.15) is 0 Å². The summed E-state index contributed by atoms with van der Waals surface area (Å²) >= 11 is 0. The first kappa shape index (κ1) is 14.8. The Labute approximate surface area is 109 Å². The van der Waals surface area contributed by atoms with E-state index in [-0.39, 0.29) is 6.54 Å². The van der Waals surface area contributed by atoms with Crippen LogP contribution in [0.25, 0.3) is 0 Å². The largest absolute Gasteiger partial charge is 0.493 e. The molecule has 4 nitrogen and oxygen atoms in total. The molecule has 0 heterocycles. The van der Waals surface area contributed by atoms with Crippen molar-refractivity contribution in [2.24, 2.45) is 5.73 Å².